The van der Waals surface area contributed by atoms with Crippen molar-refractivity contribution < 1.29 is 0 Å². The van der Waals surface area contributed by atoms with Gasteiger partial charge in [0, 0.05) is 12.8 Å². The quantitative estimate of drug-likeness (QED) is 0.486. The molecule has 0 bridgehead atoms. The summed E-state index contributed by atoms with van der Waals surface area (Å²) in [7, 11) is 6.23. The van der Waals surface area contributed by atoms with Crippen LogP contribution in [0.2, 0.25) is 0 Å². The van der Waals surface area contributed by atoms with Crippen LogP contribution in [-0.2, 0) is 0 Å². The molecule has 0 amide bonds. The first-order chi connectivity index (χ1) is 5.81. The van der Waals surface area contributed by atoms with Crippen molar-refractivity contribution in [2.45, 2.75) is 26.3 Å². The molecule has 0 unspecified atom stereocenters. The SMILES string of the molecule is CN(C)CN(C)CC=NC(C)(C)C. The van der Waals surface area contributed by atoms with Crippen LogP contribution in [0.4, 0.5) is 0 Å². The van der Waals surface area contributed by atoms with Gasteiger partial charge in [0.05, 0.1) is 12.2 Å². The lowest BCUT2D eigenvalue weighted by atomic mass is 10.1. The highest BCUT2D eigenvalue weighted by Gasteiger charge is 2.04. The zero-order valence-corrected chi connectivity index (χ0v) is 9.83. The smallest absolute Gasteiger partial charge is 0.0520 e. The highest BCUT2D eigenvalue weighted by Crippen LogP contribution is 2.04. The fourth-order valence-electron chi connectivity index (χ4n) is 0.995. The molecule has 0 aliphatic rings. The number of nitrogens with zero attached hydrogens (tertiary/aromatic N) is 3. The Morgan fingerprint density at radius 2 is 1.69 bits per heavy atom. The Bertz CT molecular complexity index is 156. The molecule has 3 nitrogen and oxygen atoms in total. The van der Waals surface area contributed by atoms with E-state index < -0.39 is 0 Å². The first-order valence-electron chi connectivity index (χ1n) is 4.68. The summed E-state index contributed by atoms with van der Waals surface area (Å²) in [5, 5.41) is 0. The van der Waals surface area contributed by atoms with E-state index in [4.69, 9.17) is 0 Å². The summed E-state index contributed by atoms with van der Waals surface area (Å²) in [5.74, 6) is 0. The van der Waals surface area contributed by atoms with E-state index in [2.05, 4.69) is 56.7 Å². The molecule has 0 fully saturated rings. The van der Waals surface area contributed by atoms with Crippen LogP contribution in [0.3, 0.4) is 0 Å². The molecule has 0 aromatic carbocycles. The first-order valence-corrected chi connectivity index (χ1v) is 4.68. The normalized spacial score (nSPS) is 13.5. The molecule has 0 heterocycles. The average molecular weight is 185 g/mol. The molecule has 0 spiro atoms. The number of rotatable bonds is 4. The third-order valence-electron chi connectivity index (χ3n) is 1.40. The molecule has 0 aliphatic carbocycles. The third kappa shape index (κ3) is 9.50. The summed E-state index contributed by atoms with van der Waals surface area (Å²) in [6.07, 6.45) is 1.99. The van der Waals surface area contributed by atoms with Crippen LogP contribution >= 0.6 is 0 Å². The number of hydrogen-bond donors (Lipinski definition) is 0. The topological polar surface area (TPSA) is 18.8 Å². The lowest BCUT2D eigenvalue weighted by molar-refractivity contribution is 0.233. The summed E-state index contributed by atoms with van der Waals surface area (Å²) in [6.45, 7) is 8.20. The summed E-state index contributed by atoms with van der Waals surface area (Å²) >= 11 is 0. The maximum absolute atomic E-state index is 4.42. The Kier molecular flexibility index (Phi) is 5.18. The van der Waals surface area contributed by atoms with E-state index in [9.17, 15) is 0 Å². The van der Waals surface area contributed by atoms with Crippen LogP contribution in [0.15, 0.2) is 4.99 Å². The van der Waals surface area contributed by atoms with E-state index >= 15 is 0 Å². The van der Waals surface area contributed by atoms with Crippen molar-refractivity contribution in [3.05, 3.63) is 0 Å². The van der Waals surface area contributed by atoms with Gasteiger partial charge in [0.1, 0.15) is 0 Å². The molecule has 0 aromatic heterocycles. The predicted molar refractivity (Wildman–Crippen MR) is 59.4 cm³/mol. The second-order valence-corrected chi connectivity index (χ2v) is 4.74. The predicted octanol–water partition coefficient (Wildman–Crippen LogP) is 1.31. The van der Waals surface area contributed by atoms with Crippen molar-refractivity contribution in [1.29, 1.82) is 0 Å². The second-order valence-electron chi connectivity index (χ2n) is 4.74. The lowest BCUT2D eigenvalue weighted by Gasteiger charge is -2.19. The van der Waals surface area contributed by atoms with Crippen molar-refractivity contribution in [2.75, 3.05) is 34.4 Å². The van der Waals surface area contributed by atoms with Crippen molar-refractivity contribution in [2.24, 2.45) is 4.99 Å². The zero-order valence-electron chi connectivity index (χ0n) is 9.83. The molecule has 0 aromatic rings. The average Bonchev–Trinajstić information content (AvgIpc) is 1.81. The minimum atomic E-state index is 0.0545. The van der Waals surface area contributed by atoms with Crippen LogP contribution in [-0.4, -0.2) is 55.9 Å². The van der Waals surface area contributed by atoms with Gasteiger partial charge in [-0.1, -0.05) is 0 Å². The summed E-state index contributed by atoms with van der Waals surface area (Å²) in [5.41, 5.74) is 0.0545. The molecule has 0 rings (SSSR count). The van der Waals surface area contributed by atoms with Crippen molar-refractivity contribution >= 4 is 6.21 Å². The van der Waals surface area contributed by atoms with Gasteiger partial charge in [-0.05, 0) is 41.9 Å². The van der Waals surface area contributed by atoms with E-state index in [1.54, 1.807) is 0 Å². The second kappa shape index (κ2) is 5.35. The molecule has 0 radical (unpaired) electrons. The summed E-state index contributed by atoms with van der Waals surface area (Å²) < 4.78 is 0. The van der Waals surface area contributed by atoms with Gasteiger partial charge in [-0.25, -0.2) is 0 Å². The van der Waals surface area contributed by atoms with Gasteiger partial charge in [0.2, 0.25) is 0 Å². The van der Waals surface area contributed by atoms with Crippen LogP contribution < -0.4 is 0 Å². The molecular formula is C10H23N3. The highest BCUT2D eigenvalue weighted by molar-refractivity contribution is 5.60. The Morgan fingerprint density at radius 3 is 2.08 bits per heavy atom. The molecule has 0 N–H and O–H groups in total. The fourth-order valence-corrected chi connectivity index (χ4v) is 0.995. The van der Waals surface area contributed by atoms with Gasteiger partial charge in [-0.3, -0.25) is 14.8 Å². The maximum Gasteiger partial charge on any atom is 0.0520 e. The minimum absolute atomic E-state index is 0.0545. The van der Waals surface area contributed by atoms with Gasteiger partial charge in [-0.15, -0.1) is 0 Å². The standard InChI is InChI=1S/C10H23N3/c1-10(2,3)11-7-8-13(6)9-12(4)5/h7H,8-9H2,1-6H3. The number of hydrogen-bond acceptors (Lipinski definition) is 3. The zero-order chi connectivity index (χ0) is 10.5. The first kappa shape index (κ1) is 12.6. The Hall–Kier alpha value is -0.410. The van der Waals surface area contributed by atoms with Gasteiger partial charge in [0.15, 0.2) is 0 Å². The van der Waals surface area contributed by atoms with E-state index in [-0.39, 0.29) is 5.54 Å². The molecular weight excluding hydrogens is 162 g/mol. The summed E-state index contributed by atoms with van der Waals surface area (Å²) in [4.78, 5) is 8.78. The van der Waals surface area contributed by atoms with Crippen molar-refractivity contribution in [1.82, 2.24) is 9.80 Å². The van der Waals surface area contributed by atoms with Crippen molar-refractivity contribution in [3.8, 4) is 0 Å². The van der Waals surface area contributed by atoms with E-state index in [1.165, 1.54) is 0 Å². The monoisotopic (exact) mass is 185 g/mol. The molecule has 78 valence electrons. The third-order valence-corrected chi connectivity index (χ3v) is 1.40. The fraction of sp³-hybridized carbons (Fsp3) is 0.900. The van der Waals surface area contributed by atoms with Crippen LogP contribution in [0, 0.1) is 0 Å². The number of aliphatic imine (C=N–C) groups is 1. The van der Waals surface area contributed by atoms with Crippen LogP contribution in [0.5, 0.6) is 0 Å². The minimum Gasteiger partial charge on any atom is -0.297 e. The lowest BCUT2D eigenvalue weighted by Crippen LogP contribution is -2.31. The Labute approximate surface area is 82.4 Å². The van der Waals surface area contributed by atoms with Gasteiger partial charge < -0.3 is 0 Å². The Balaban J connectivity index is 3.70. The van der Waals surface area contributed by atoms with Crippen molar-refractivity contribution in [3.63, 3.8) is 0 Å². The van der Waals surface area contributed by atoms with Crippen LogP contribution in [0.25, 0.3) is 0 Å². The van der Waals surface area contributed by atoms with E-state index in [0.717, 1.165) is 13.2 Å². The molecule has 0 saturated carbocycles. The maximum atomic E-state index is 4.42. The van der Waals surface area contributed by atoms with E-state index in [1.807, 2.05) is 6.21 Å². The molecule has 13 heavy (non-hydrogen) atoms. The highest BCUT2D eigenvalue weighted by atomic mass is 15.3. The summed E-state index contributed by atoms with van der Waals surface area (Å²) in [6, 6.07) is 0. The Morgan fingerprint density at radius 1 is 1.15 bits per heavy atom. The van der Waals surface area contributed by atoms with Gasteiger partial charge >= 0.3 is 0 Å². The van der Waals surface area contributed by atoms with E-state index in [0.29, 0.717) is 0 Å². The molecule has 0 aliphatic heterocycles. The molecule has 0 atom stereocenters. The molecule has 3 heteroatoms. The molecule has 0 saturated heterocycles. The largest absolute Gasteiger partial charge is 0.297 e. The van der Waals surface area contributed by atoms with Gasteiger partial charge in [-0.2, -0.15) is 0 Å². The van der Waals surface area contributed by atoms with Crippen LogP contribution in [0.1, 0.15) is 20.8 Å². The van der Waals surface area contributed by atoms with Gasteiger partial charge in [0.25, 0.3) is 0 Å².